The summed E-state index contributed by atoms with van der Waals surface area (Å²) in [7, 11) is 0. The second-order valence-corrected chi connectivity index (χ2v) is 7.09. The van der Waals surface area contributed by atoms with Crippen molar-refractivity contribution in [2.75, 3.05) is 13.1 Å². The Morgan fingerprint density at radius 2 is 1.89 bits per heavy atom. The van der Waals surface area contributed by atoms with Crippen molar-refractivity contribution in [2.24, 2.45) is 0 Å². The number of alkyl halides is 3. The maximum Gasteiger partial charge on any atom is 0.416 e. The number of halogens is 3. The van der Waals surface area contributed by atoms with Gasteiger partial charge in [-0.1, -0.05) is 19.1 Å². The fourth-order valence-corrected chi connectivity index (χ4v) is 3.58. The predicted molar refractivity (Wildman–Crippen MR) is 97.5 cm³/mol. The monoisotopic (exact) mass is 376 g/mol. The minimum absolute atomic E-state index is 0.162. The highest BCUT2D eigenvalue weighted by molar-refractivity contribution is 5.76. The van der Waals surface area contributed by atoms with Gasteiger partial charge in [0.1, 0.15) is 0 Å². The molecule has 0 aliphatic carbocycles. The molecular weight excluding hydrogens is 353 g/mol. The Kier molecular flexibility index (Phi) is 5.53. The van der Waals surface area contributed by atoms with Crippen LogP contribution >= 0.6 is 0 Å². The first kappa shape index (κ1) is 19.4. The molecule has 1 saturated heterocycles. The van der Waals surface area contributed by atoms with Gasteiger partial charge in [-0.2, -0.15) is 13.2 Å². The Hall–Kier alpha value is -2.37. The number of rotatable bonds is 4. The smallest absolute Gasteiger partial charge is 0.342 e. The second-order valence-electron chi connectivity index (χ2n) is 7.09. The molecule has 3 rings (SSSR count). The average Bonchev–Trinajstić information content (AvgIpc) is 3.10. The first-order valence-electron chi connectivity index (χ1n) is 9.17. The van der Waals surface area contributed by atoms with Crippen LogP contribution in [0, 0.1) is 6.92 Å². The Labute approximate surface area is 157 Å². The van der Waals surface area contributed by atoms with Crippen molar-refractivity contribution in [1.82, 2.24) is 9.88 Å². The molecular formula is C21H23F3N2O. The van der Waals surface area contributed by atoms with Gasteiger partial charge in [0.2, 0.25) is 5.91 Å². The van der Waals surface area contributed by atoms with Crippen molar-refractivity contribution >= 4 is 5.91 Å². The van der Waals surface area contributed by atoms with Gasteiger partial charge in [0.15, 0.2) is 0 Å². The van der Waals surface area contributed by atoms with Crippen molar-refractivity contribution in [3.63, 3.8) is 0 Å². The van der Waals surface area contributed by atoms with E-state index in [1.54, 1.807) is 0 Å². The van der Waals surface area contributed by atoms with Crippen molar-refractivity contribution in [3.05, 3.63) is 64.5 Å². The van der Waals surface area contributed by atoms with Gasteiger partial charge in [0.25, 0.3) is 0 Å². The Balaban J connectivity index is 1.75. The van der Waals surface area contributed by atoms with Crippen molar-refractivity contribution < 1.29 is 18.0 Å². The SMILES string of the molecule is CCC(=O)N1CCC(c2cc(Cc3ccc(C(F)(F)F)cc3)cc(C)n2)C1. The van der Waals surface area contributed by atoms with Crippen LogP contribution in [0.2, 0.25) is 0 Å². The molecule has 0 saturated carbocycles. The van der Waals surface area contributed by atoms with E-state index in [1.807, 2.05) is 30.9 Å². The molecule has 1 aliphatic heterocycles. The molecule has 0 radical (unpaired) electrons. The number of pyridine rings is 1. The fourth-order valence-electron chi connectivity index (χ4n) is 3.58. The average molecular weight is 376 g/mol. The van der Waals surface area contributed by atoms with Gasteiger partial charge >= 0.3 is 6.18 Å². The van der Waals surface area contributed by atoms with E-state index in [0.717, 1.165) is 47.6 Å². The molecule has 0 N–H and O–H groups in total. The number of carbonyl (C=O) groups excluding carboxylic acids is 1. The molecule has 1 amide bonds. The van der Waals surface area contributed by atoms with E-state index >= 15 is 0 Å². The summed E-state index contributed by atoms with van der Waals surface area (Å²) in [5.74, 6) is 0.377. The molecule has 144 valence electrons. The number of nitrogens with zero attached hydrogens (tertiary/aromatic N) is 2. The summed E-state index contributed by atoms with van der Waals surface area (Å²) in [6, 6.07) is 9.27. The molecule has 1 aliphatic rings. The maximum absolute atomic E-state index is 12.7. The number of aromatic nitrogens is 1. The lowest BCUT2D eigenvalue weighted by Crippen LogP contribution is -2.27. The van der Waals surface area contributed by atoms with Crippen LogP contribution in [0.25, 0.3) is 0 Å². The molecule has 3 nitrogen and oxygen atoms in total. The largest absolute Gasteiger partial charge is 0.416 e. The summed E-state index contributed by atoms with van der Waals surface area (Å²) in [5, 5.41) is 0. The second kappa shape index (κ2) is 7.71. The first-order chi connectivity index (χ1) is 12.8. The first-order valence-corrected chi connectivity index (χ1v) is 9.17. The van der Waals surface area contributed by atoms with Crippen LogP contribution in [0.5, 0.6) is 0 Å². The molecule has 2 heterocycles. The summed E-state index contributed by atoms with van der Waals surface area (Å²) in [6.45, 7) is 5.22. The zero-order valence-corrected chi connectivity index (χ0v) is 15.5. The van der Waals surface area contributed by atoms with Gasteiger partial charge in [-0.25, -0.2) is 0 Å². The summed E-state index contributed by atoms with van der Waals surface area (Å²) in [5.41, 5.74) is 3.06. The number of aryl methyl sites for hydroxylation is 1. The van der Waals surface area contributed by atoms with E-state index in [0.29, 0.717) is 19.4 Å². The third kappa shape index (κ3) is 4.67. The molecule has 1 fully saturated rings. The lowest BCUT2D eigenvalue weighted by molar-refractivity contribution is -0.137. The molecule has 1 atom stereocenters. The van der Waals surface area contributed by atoms with Crippen LogP contribution in [0.3, 0.4) is 0 Å². The summed E-state index contributed by atoms with van der Waals surface area (Å²) >= 11 is 0. The predicted octanol–water partition coefficient (Wildman–Crippen LogP) is 4.73. The van der Waals surface area contributed by atoms with Gasteiger partial charge < -0.3 is 4.90 Å². The van der Waals surface area contributed by atoms with E-state index in [1.165, 1.54) is 12.1 Å². The molecule has 1 aromatic heterocycles. The normalized spacial score (nSPS) is 17.4. The minimum atomic E-state index is -4.32. The highest BCUT2D eigenvalue weighted by atomic mass is 19.4. The third-order valence-corrected chi connectivity index (χ3v) is 4.98. The van der Waals surface area contributed by atoms with Crippen LogP contribution in [-0.4, -0.2) is 28.9 Å². The highest BCUT2D eigenvalue weighted by Gasteiger charge is 2.30. The van der Waals surface area contributed by atoms with Crippen LogP contribution in [0.15, 0.2) is 36.4 Å². The Bertz CT molecular complexity index is 815. The van der Waals surface area contributed by atoms with Gasteiger partial charge in [-0.05, 0) is 55.2 Å². The van der Waals surface area contributed by atoms with E-state index in [4.69, 9.17) is 0 Å². The van der Waals surface area contributed by atoms with E-state index in [9.17, 15) is 18.0 Å². The molecule has 27 heavy (non-hydrogen) atoms. The quantitative estimate of drug-likeness (QED) is 0.773. The van der Waals surface area contributed by atoms with Gasteiger partial charge in [0.05, 0.1) is 5.56 Å². The lowest BCUT2D eigenvalue weighted by Gasteiger charge is -2.16. The lowest BCUT2D eigenvalue weighted by atomic mass is 9.98. The van der Waals surface area contributed by atoms with Crippen LogP contribution in [-0.2, 0) is 17.4 Å². The molecule has 2 aromatic rings. The number of amides is 1. The summed E-state index contributed by atoms with van der Waals surface area (Å²) in [6.07, 6.45) is -2.36. The van der Waals surface area contributed by atoms with E-state index < -0.39 is 11.7 Å². The minimum Gasteiger partial charge on any atom is -0.342 e. The molecule has 0 bridgehead atoms. The summed E-state index contributed by atoms with van der Waals surface area (Å²) < 4.78 is 38.1. The molecule has 1 unspecified atom stereocenters. The summed E-state index contributed by atoms with van der Waals surface area (Å²) in [4.78, 5) is 18.4. The van der Waals surface area contributed by atoms with E-state index in [-0.39, 0.29) is 11.8 Å². The zero-order valence-electron chi connectivity index (χ0n) is 15.5. The third-order valence-electron chi connectivity index (χ3n) is 4.98. The highest BCUT2D eigenvalue weighted by Crippen LogP contribution is 2.30. The molecule has 0 spiro atoms. The number of carbonyl (C=O) groups is 1. The molecule has 6 heteroatoms. The standard InChI is InChI=1S/C21H23F3N2O/c1-3-20(27)26-9-8-17(13-26)19-12-16(10-14(2)25-19)11-15-4-6-18(7-5-15)21(22,23)24/h4-7,10,12,17H,3,8-9,11,13H2,1-2H3. The van der Waals surface area contributed by atoms with Gasteiger partial charge in [0, 0.05) is 36.8 Å². The van der Waals surface area contributed by atoms with Crippen LogP contribution < -0.4 is 0 Å². The molecule has 1 aromatic carbocycles. The Morgan fingerprint density at radius 1 is 1.19 bits per heavy atom. The number of hydrogen-bond acceptors (Lipinski definition) is 2. The topological polar surface area (TPSA) is 33.2 Å². The van der Waals surface area contributed by atoms with Crippen LogP contribution in [0.4, 0.5) is 13.2 Å². The maximum atomic E-state index is 12.7. The number of likely N-dealkylation sites (tertiary alicyclic amines) is 1. The van der Waals surface area contributed by atoms with Crippen LogP contribution in [0.1, 0.15) is 53.8 Å². The van der Waals surface area contributed by atoms with Gasteiger partial charge in [-0.15, -0.1) is 0 Å². The van der Waals surface area contributed by atoms with Crippen molar-refractivity contribution in [3.8, 4) is 0 Å². The van der Waals surface area contributed by atoms with Gasteiger partial charge in [-0.3, -0.25) is 9.78 Å². The number of hydrogen-bond donors (Lipinski definition) is 0. The number of benzene rings is 1. The zero-order chi connectivity index (χ0) is 19.6. The van der Waals surface area contributed by atoms with E-state index in [2.05, 4.69) is 4.98 Å². The fraction of sp³-hybridized carbons (Fsp3) is 0.429. The van der Waals surface area contributed by atoms with Crippen molar-refractivity contribution in [1.29, 1.82) is 0 Å². The Morgan fingerprint density at radius 3 is 2.52 bits per heavy atom. The van der Waals surface area contributed by atoms with Crippen molar-refractivity contribution in [2.45, 2.75) is 45.2 Å².